The van der Waals surface area contributed by atoms with Gasteiger partial charge in [-0.2, -0.15) is 0 Å². The number of imidazole rings is 1. The Labute approximate surface area is 188 Å². The Kier molecular flexibility index (Phi) is 7.07. The van der Waals surface area contributed by atoms with E-state index in [2.05, 4.69) is 14.9 Å². The van der Waals surface area contributed by atoms with Gasteiger partial charge in [0.05, 0.1) is 0 Å². The number of nitrogens with one attached hydrogen (secondary N) is 1. The Hall–Kier alpha value is -2.90. The molecular weight excluding hydrogens is 406 g/mol. The summed E-state index contributed by atoms with van der Waals surface area (Å²) in [5.41, 5.74) is -0.297. The summed E-state index contributed by atoms with van der Waals surface area (Å²) in [5, 5.41) is 3.00. The van der Waals surface area contributed by atoms with Gasteiger partial charge in [0, 0.05) is 44.3 Å². The van der Waals surface area contributed by atoms with Gasteiger partial charge < -0.3 is 19.4 Å². The first-order valence-electron chi connectivity index (χ1n) is 11.8. The highest BCUT2D eigenvalue weighted by atomic mass is 16.2. The molecule has 8 nitrogen and oxygen atoms in total. The Morgan fingerprint density at radius 2 is 1.91 bits per heavy atom. The van der Waals surface area contributed by atoms with Gasteiger partial charge in [-0.05, 0) is 50.7 Å². The molecule has 1 saturated heterocycles. The number of rotatable bonds is 6. The van der Waals surface area contributed by atoms with Crippen LogP contribution in [0.3, 0.4) is 0 Å². The Balaban J connectivity index is 1.38. The average molecular weight is 440 g/mol. The third kappa shape index (κ3) is 5.29. The van der Waals surface area contributed by atoms with Crippen molar-refractivity contribution in [2.45, 2.75) is 71.0 Å². The van der Waals surface area contributed by atoms with Crippen LogP contribution in [0.5, 0.6) is 0 Å². The maximum Gasteiger partial charge on any atom is 0.263 e. The number of piperidine rings is 1. The summed E-state index contributed by atoms with van der Waals surface area (Å²) in [6.07, 6.45) is 12.7. The van der Waals surface area contributed by atoms with E-state index in [4.69, 9.17) is 0 Å². The minimum Gasteiger partial charge on any atom is -0.349 e. The number of aromatic nitrogens is 3. The van der Waals surface area contributed by atoms with Gasteiger partial charge in [-0.15, -0.1) is 0 Å². The molecule has 1 aliphatic carbocycles. The highest BCUT2D eigenvalue weighted by Crippen LogP contribution is 2.20. The summed E-state index contributed by atoms with van der Waals surface area (Å²) >= 11 is 0. The summed E-state index contributed by atoms with van der Waals surface area (Å²) in [5.74, 6) is 0.926. The molecule has 1 N–H and O–H groups in total. The fraction of sp³-hybridized carbons (Fsp3) is 0.583. The predicted octanol–water partition coefficient (Wildman–Crippen LogP) is 2.35. The zero-order valence-corrected chi connectivity index (χ0v) is 18.8. The van der Waals surface area contributed by atoms with Crippen LogP contribution in [-0.2, 0) is 17.9 Å². The van der Waals surface area contributed by atoms with Gasteiger partial charge in [0.15, 0.2) is 0 Å². The van der Waals surface area contributed by atoms with Crippen LogP contribution in [0.25, 0.3) is 0 Å². The molecule has 2 fully saturated rings. The van der Waals surface area contributed by atoms with Crippen LogP contribution in [0.2, 0.25) is 0 Å². The minimum atomic E-state index is -0.406. The molecule has 1 saturated carbocycles. The molecule has 0 unspecified atom stereocenters. The Morgan fingerprint density at radius 1 is 1.09 bits per heavy atom. The van der Waals surface area contributed by atoms with Crippen molar-refractivity contribution < 1.29 is 9.59 Å². The van der Waals surface area contributed by atoms with Crippen molar-refractivity contribution in [1.82, 2.24) is 24.3 Å². The molecule has 1 atom stereocenters. The van der Waals surface area contributed by atoms with Crippen molar-refractivity contribution in [3.8, 4) is 0 Å². The fourth-order valence-corrected chi connectivity index (χ4v) is 4.91. The number of nitrogens with zero attached hydrogens (tertiary/aromatic N) is 4. The van der Waals surface area contributed by atoms with Crippen LogP contribution < -0.4 is 10.9 Å². The summed E-state index contributed by atoms with van der Waals surface area (Å²) < 4.78 is 3.49. The van der Waals surface area contributed by atoms with E-state index < -0.39 is 5.56 Å². The van der Waals surface area contributed by atoms with E-state index in [-0.39, 0.29) is 30.0 Å². The van der Waals surface area contributed by atoms with Crippen LogP contribution in [0.4, 0.5) is 0 Å². The van der Waals surface area contributed by atoms with Gasteiger partial charge in [-0.1, -0.05) is 19.3 Å². The lowest BCUT2D eigenvalue weighted by atomic mass is 9.95. The van der Waals surface area contributed by atoms with E-state index in [1.807, 2.05) is 18.0 Å². The first-order chi connectivity index (χ1) is 15.5. The lowest BCUT2D eigenvalue weighted by molar-refractivity contribution is -0.133. The predicted molar refractivity (Wildman–Crippen MR) is 121 cm³/mol. The maximum absolute atomic E-state index is 13.0. The van der Waals surface area contributed by atoms with Gasteiger partial charge >= 0.3 is 0 Å². The molecule has 2 aromatic rings. The number of carbonyl (C=O) groups is 2. The fourth-order valence-electron chi connectivity index (χ4n) is 4.91. The van der Waals surface area contributed by atoms with Gasteiger partial charge in [0.2, 0.25) is 5.91 Å². The molecule has 172 valence electrons. The Bertz CT molecular complexity index is 1010. The maximum atomic E-state index is 13.0. The first-order valence-corrected chi connectivity index (χ1v) is 11.8. The highest BCUT2D eigenvalue weighted by Gasteiger charge is 2.25. The van der Waals surface area contributed by atoms with Crippen LogP contribution in [0.15, 0.2) is 35.5 Å². The summed E-state index contributed by atoms with van der Waals surface area (Å²) in [6.45, 7) is 4.16. The summed E-state index contributed by atoms with van der Waals surface area (Å²) in [6, 6.07) is 3.35. The number of carbonyl (C=O) groups excluding carboxylic acids is 2. The topological polar surface area (TPSA) is 89.2 Å². The quantitative estimate of drug-likeness (QED) is 0.748. The van der Waals surface area contributed by atoms with Crippen molar-refractivity contribution in [1.29, 1.82) is 0 Å². The third-order valence-corrected chi connectivity index (χ3v) is 6.76. The first kappa shape index (κ1) is 22.3. The largest absolute Gasteiger partial charge is 0.349 e. The molecule has 3 heterocycles. The molecule has 8 heteroatoms. The van der Waals surface area contributed by atoms with Crippen LogP contribution >= 0.6 is 0 Å². The highest BCUT2D eigenvalue weighted by molar-refractivity contribution is 5.94. The summed E-state index contributed by atoms with van der Waals surface area (Å²) in [7, 11) is 0. The second-order valence-corrected chi connectivity index (χ2v) is 9.14. The SMILES string of the molecule is Cc1nccn1C[C@@H]1CCCN(C(=O)Cn2cccc(C(=O)NC3CCCCC3)c2=O)C1. The Morgan fingerprint density at radius 3 is 2.66 bits per heavy atom. The molecule has 4 rings (SSSR count). The lowest BCUT2D eigenvalue weighted by Crippen LogP contribution is -2.44. The van der Waals surface area contributed by atoms with E-state index >= 15 is 0 Å². The van der Waals surface area contributed by atoms with E-state index in [9.17, 15) is 14.4 Å². The third-order valence-electron chi connectivity index (χ3n) is 6.76. The summed E-state index contributed by atoms with van der Waals surface area (Å²) in [4.78, 5) is 44.7. The zero-order chi connectivity index (χ0) is 22.5. The van der Waals surface area contributed by atoms with Crippen molar-refractivity contribution in [3.63, 3.8) is 0 Å². The molecule has 0 bridgehead atoms. The van der Waals surface area contributed by atoms with Crippen molar-refractivity contribution in [3.05, 3.63) is 52.5 Å². The lowest BCUT2D eigenvalue weighted by Gasteiger charge is -2.33. The van der Waals surface area contributed by atoms with Gasteiger partial charge in [0.1, 0.15) is 17.9 Å². The second kappa shape index (κ2) is 10.1. The monoisotopic (exact) mass is 439 g/mol. The van der Waals surface area contributed by atoms with Gasteiger partial charge in [0.25, 0.3) is 11.5 Å². The number of likely N-dealkylation sites (tertiary alicyclic amines) is 1. The van der Waals surface area contributed by atoms with Crippen molar-refractivity contribution in [2.75, 3.05) is 13.1 Å². The number of aryl methyl sites for hydroxylation is 1. The number of hydrogen-bond acceptors (Lipinski definition) is 4. The molecule has 2 aliphatic rings. The van der Waals surface area contributed by atoms with Gasteiger partial charge in [-0.25, -0.2) is 4.98 Å². The average Bonchev–Trinajstić information content (AvgIpc) is 3.20. The molecule has 2 amide bonds. The zero-order valence-electron chi connectivity index (χ0n) is 18.8. The van der Waals surface area contributed by atoms with E-state index in [1.165, 1.54) is 11.0 Å². The molecular formula is C24H33N5O3. The van der Waals surface area contributed by atoms with Crippen molar-refractivity contribution in [2.24, 2.45) is 5.92 Å². The van der Waals surface area contributed by atoms with Crippen LogP contribution in [0.1, 0.15) is 61.1 Å². The molecule has 2 aromatic heterocycles. The number of pyridine rings is 1. The molecule has 32 heavy (non-hydrogen) atoms. The van der Waals surface area contributed by atoms with Crippen LogP contribution in [0, 0.1) is 12.8 Å². The van der Waals surface area contributed by atoms with E-state index in [0.717, 1.165) is 50.9 Å². The molecule has 1 aliphatic heterocycles. The molecule has 0 radical (unpaired) electrons. The minimum absolute atomic E-state index is 0.0415. The van der Waals surface area contributed by atoms with E-state index in [1.54, 1.807) is 24.5 Å². The second-order valence-electron chi connectivity index (χ2n) is 9.14. The van der Waals surface area contributed by atoms with Gasteiger partial charge in [-0.3, -0.25) is 14.4 Å². The number of amides is 2. The molecule has 0 aromatic carbocycles. The smallest absolute Gasteiger partial charge is 0.263 e. The number of hydrogen-bond donors (Lipinski definition) is 1. The standard InChI is InChI=1S/C24H33N5O3/c1-18-25-11-14-27(18)15-19-7-5-12-28(16-19)22(30)17-29-13-6-10-21(24(29)32)23(31)26-20-8-3-2-4-9-20/h6,10-11,13-14,19-20H,2-5,7-9,12,15-17H2,1H3,(H,26,31)/t19-/m0/s1. The normalized spacial score (nSPS) is 19.7. The van der Waals surface area contributed by atoms with Crippen molar-refractivity contribution >= 4 is 11.8 Å². The van der Waals surface area contributed by atoms with E-state index in [0.29, 0.717) is 19.0 Å². The van der Waals surface area contributed by atoms with Crippen LogP contribution in [-0.4, -0.2) is 50.0 Å². The molecule has 0 spiro atoms.